The Labute approximate surface area is 157 Å². The van der Waals surface area contributed by atoms with Crippen LogP contribution in [0.4, 0.5) is 10.5 Å². The Hall–Kier alpha value is -3.33. The second-order valence-electron chi connectivity index (χ2n) is 5.77. The van der Waals surface area contributed by atoms with Crippen molar-refractivity contribution in [2.45, 2.75) is 6.54 Å². The predicted molar refractivity (Wildman–Crippen MR) is 97.2 cm³/mol. The van der Waals surface area contributed by atoms with E-state index in [1.807, 2.05) is 0 Å². The number of imide groups is 1. The maximum Gasteiger partial charge on any atom is 0.293 e. The van der Waals surface area contributed by atoms with Crippen LogP contribution >= 0.6 is 11.8 Å². The molecule has 0 N–H and O–H groups in total. The lowest BCUT2D eigenvalue weighted by atomic mass is 10.1. The van der Waals surface area contributed by atoms with Gasteiger partial charge in [0, 0.05) is 11.6 Å². The highest BCUT2D eigenvalue weighted by Gasteiger charge is 2.36. The van der Waals surface area contributed by atoms with Crippen LogP contribution in [-0.2, 0) is 11.3 Å². The van der Waals surface area contributed by atoms with Crippen LogP contribution in [0.25, 0.3) is 6.08 Å². The van der Waals surface area contributed by atoms with Crippen LogP contribution in [0, 0.1) is 10.1 Å². The lowest BCUT2D eigenvalue weighted by Crippen LogP contribution is -2.27. The summed E-state index contributed by atoms with van der Waals surface area (Å²) in [6, 6.07) is 11.2. The van der Waals surface area contributed by atoms with Gasteiger partial charge in [-0.25, -0.2) is 0 Å². The fourth-order valence-corrected chi connectivity index (χ4v) is 3.62. The van der Waals surface area contributed by atoms with Gasteiger partial charge in [0.1, 0.15) is 0 Å². The highest BCUT2D eigenvalue weighted by molar-refractivity contribution is 8.18. The average molecular weight is 384 g/mol. The van der Waals surface area contributed by atoms with Crippen LogP contribution in [-0.4, -0.2) is 27.8 Å². The van der Waals surface area contributed by atoms with Gasteiger partial charge >= 0.3 is 0 Å². The van der Waals surface area contributed by atoms with Crippen molar-refractivity contribution in [1.82, 2.24) is 4.90 Å². The normalized spacial score (nSPS) is 17.0. The molecule has 2 aromatic rings. The van der Waals surface area contributed by atoms with E-state index in [9.17, 15) is 19.7 Å². The largest absolute Gasteiger partial charge is 0.454 e. The number of thioether (sulfide) groups is 1. The molecule has 1 fully saturated rings. The monoisotopic (exact) mass is 384 g/mol. The number of para-hydroxylation sites is 1. The van der Waals surface area contributed by atoms with E-state index >= 15 is 0 Å². The molecular formula is C18H12N2O6S. The van der Waals surface area contributed by atoms with Gasteiger partial charge in [0.05, 0.1) is 16.4 Å². The Morgan fingerprint density at radius 2 is 1.93 bits per heavy atom. The van der Waals surface area contributed by atoms with E-state index in [2.05, 4.69) is 0 Å². The summed E-state index contributed by atoms with van der Waals surface area (Å²) >= 11 is 0.800. The van der Waals surface area contributed by atoms with Crippen LogP contribution in [0.1, 0.15) is 11.1 Å². The molecule has 0 radical (unpaired) electrons. The van der Waals surface area contributed by atoms with Crippen molar-refractivity contribution in [2.24, 2.45) is 0 Å². The van der Waals surface area contributed by atoms with Crippen molar-refractivity contribution < 1.29 is 24.0 Å². The van der Waals surface area contributed by atoms with Crippen LogP contribution in [0.5, 0.6) is 11.5 Å². The zero-order valence-corrected chi connectivity index (χ0v) is 14.6. The molecular weight excluding hydrogens is 372 g/mol. The molecule has 0 aromatic heterocycles. The van der Waals surface area contributed by atoms with E-state index in [4.69, 9.17) is 9.47 Å². The van der Waals surface area contributed by atoms with Crippen molar-refractivity contribution in [3.8, 4) is 11.5 Å². The molecule has 2 aliphatic rings. The summed E-state index contributed by atoms with van der Waals surface area (Å²) in [5.41, 5.74) is 0.862. The van der Waals surface area contributed by atoms with Crippen LogP contribution in [0.2, 0.25) is 0 Å². The number of hydrogen-bond acceptors (Lipinski definition) is 7. The maximum absolute atomic E-state index is 12.6. The van der Waals surface area contributed by atoms with E-state index in [0.29, 0.717) is 22.6 Å². The van der Waals surface area contributed by atoms with Gasteiger partial charge in [0.25, 0.3) is 16.8 Å². The minimum Gasteiger partial charge on any atom is -0.454 e. The molecule has 136 valence electrons. The van der Waals surface area contributed by atoms with Crippen molar-refractivity contribution in [3.63, 3.8) is 0 Å². The summed E-state index contributed by atoms with van der Waals surface area (Å²) in [5.74, 6) is 0.709. The van der Waals surface area contributed by atoms with E-state index in [0.717, 1.165) is 16.7 Å². The minimum absolute atomic E-state index is 0.128. The van der Waals surface area contributed by atoms with Gasteiger partial charge in [-0.3, -0.25) is 24.6 Å². The molecule has 4 rings (SSSR count). The summed E-state index contributed by atoms with van der Waals surface area (Å²) in [6.07, 6.45) is 1.59. The number of nitro groups is 1. The number of rotatable bonds is 4. The lowest BCUT2D eigenvalue weighted by molar-refractivity contribution is -0.385. The van der Waals surface area contributed by atoms with E-state index in [1.165, 1.54) is 18.2 Å². The van der Waals surface area contributed by atoms with Crippen molar-refractivity contribution in [2.75, 3.05) is 6.79 Å². The SMILES string of the molecule is O=C1S/C(=C\c2ccc3c(c2)OCO3)C(=O)N1Cc1ccccc1[N+](=O)[O-]. The molecule has 2 amide bonds. The van der Waals surface area contributed by atoms with Crippen molar-refractivity contribution in [1.29, 1.82) is 0 Å². The zero-order chi connectivity index (χ0) is 19.0. The maximum atomic E-state index is 12.6. The van der Waals surface area contributed by atoms with Crippen LogP contribution in [0.3, 0.4) is 0 Å². The third kappa shape index (κ3) is 3.24. The van der Waals surface area contributed by atoms with Gasteiger partial charge in [-0.15, -0.1) is 0 Å². The van der Waals surface area contributed by atoms with Crippen LogP contribution < -0.4 is 9.47 Å². The van der Waals surface area contributed by atoms with Gasteiger partial charge in [0.15, 0.2) is 11.5 Å². The molecule has 0 bridgehead atoms. The Bertz CT molecular complexity index is 1000. The first-order valence-electron chi connectivity index (χ1n) is 7.90. The molecule has 0 spiro atoms. The quantitative estimate of drug-likeness (QED) is 0.451. The molecule has 0 atom stereocenters. The summed E-state index contributed by atoms with van der Waals surface area (Å²) in [6.45, 7) is -0.00848. The molecule has 9 heteroatoms. The smallest absolute Gasteiger partial charge is 0.293 e. The third-order valence-electron chi connectivity index (χ3n) is 4.08. The first kappa shape index (κ1) is 17.1. The molecule has 2 aliphatic heterocycles. The summed E-state index contributed by atoms with van der Waals surface area (Å²) in [5, 5.41) is 10.7. The number of amides is 2. The highest BCUT2D eigenvalue weighted by Crippen LogP contribution is 2.37. The number of carbonyl (C=O) groups excluding carboxylic acids is 2. The van der Waals surface area contributed by atoms with Gasteiger partial charge in [-0.1, -0.05) is 24.3 Å². The fraction of sp³-hybridized carbons (Fsp3) is 0.111. The number of fused-ring (bicyclic) bond motifs is 1. The summed E-state index contributed by atoms with van der Waals surface area (Å²) < 4.78 is 10.5. The Kier molecular flexibility index (Phi) is 4.28. The number of nitrogens with zero attached hydrogens (tertiary/aromatic N) is 2. The molecule has 0 aliphatic carbocycles. The second kappa shape index (κ2) is 6.76. The summed E-state index contributed by atoms with van der Waals surface area (Å²) in [4.78, 5) is 36.8. The van der Waals surface area contributed by atoms with Gasteiger partial charge in [-0.05, 0) is 35.5 Å². The highest BCUT2D eigenvalue weighted by atomic mass is 32.2. The molecule has 27 heavy (non-hydrogen) atoms. The number of benzene rings is 2. The topological polar surface area (TPSA) is 99.0 Å². The Morgan fingerprint density at radius 1 is 1.15 bits per heavy atom. The lowest BCUT2D eigenvalue weighted by Gasteiger charge is -2.12. The average Bonchev–Trinajstić information content (AvgIpc) is 3.22. The van der Waals surface area contributed by atoms with Gasteiger partial charge in [0.2, 0.25) is 6.79 Å². The fourth-order valence-electron chi connectivity index (χ4n) is 2.78. The van der Waals surface area contributed by atoms with Gasteiger partial charge < -0.3 is 9.47 Å². The molecule has 1 saturated heterocycles. The first-order chi connectivity index (χ1) is 13.0. The number of ether oxygens (including phenoxy) is 2. The van der Waals surface area contributed by atoms with Gasteiger partial charge in [-0.2, -0.15) is 0 Å². The van der Waals surface area contributed by atoms with Crippen LogP contribution in [0.15, 0.2) is 47.4 Å². The predicted octanol–water partition coefficient (Wildman–Crippen LogP) is 3.56. The first-order valence-corrected chi connectivity index (χ1v) is 8.72. The Balaban J connectivity index is 1.58. The number of hydrogen-bond donors (Lipinski definition) is 0. The third-order valence-corrected chi connectivity index (χ3v) is 4.99. The molecule has 2 aromatic carbocycles. The van der Waals surface area contributed by atoms with Crippen molar-refractivity contribution >= 4 is 34.7 Å². The Morgan fingerprint density at radius 3 is 2.74 bits per heavy atom. The summed E-state index contributed by atoms with van der Waals surface area (Å²) in [7, 11) is 0. The standard InChI is InChI=1S/C18H12N2O6S/c21-17-16(8-11-5-6-14-15(7-11)26-10-25-14)27-18(22)19(17)9-12-3-1-2-4-13(12)20(23)24/h1-8H,9-10H2/b16-8-. The molecule has 0 saturated carbocycles. The second-order valence-corrected chi connectivity index (χ2v) is 6.76. The van der Waals surface area contributed by atoms with Crippen molar-refractivity contribution in [3.05, 3.63) is 68.6 Å². The molecule has 8 nitrogen and oxygen atoms in total. The zero-order valence-electron chi connectivity index (χ0n) is 13.8. The number of carbonyl (C=O) groups is 2. The molecule has 2 heterocycles. The van der Waals surface area contributed by atoms with E-state index in [-0.39, 0.29) is 23.9 Å². The minimum atomic E-state index is -0.531. The van der Waals surface area contributed by atoms with E-state index < -0.39 is 16.1 Å². The van der Waals surface area contributed by atoms with E-state index in [1.54, 1.807) is 30.3 Å². The molecule has 0 unspecified atom stereocenters. The number of nitro benzene ring substituents is 1.